The normalized spacial score (nSPS) is 11.3. The first kappa shape index (κ1) is 26.0. The number of benzene rings is 2. The van der Waals surface area contributed by atoms with Crippen LogP contribution in [0.5, 0.6) is 5.75 Å². The van der Waals surface area contributed by atoms with Gasteiger partial charge < -0.3 is 9.84 Å². The molecule has 0 atom stereocenters. The van der Waals surface area contributed by atoms with Crippen LogP contribution in [-0.2, 0) is 16.0 Å². The fourth-order valence-electron chi connectivity index (χ4n) is 2.46. The summed E-state index contributed by atoms with van der Waals surface area (Å²) in [4.78, 5) is 10.8. The largest absolute Gasteiger partial charge is 0.508 e. The maximum Gasteiger partial charge on any atom is 0.333 e. The summed E-state index contributed by atoms with van der Waals surface area (Å²) in [6, 6.07) is 15.9. The molecule has 0 amide bonds. The van der Waals surface area contributed by atoms with Gasteiger partial charge in [0, 0.05) is 5.57 Å². The number of rotatable bonds is 7. The third-order valence-corrected chi connectivity index (χ3v) is 4.13. The molecular weight excluding hydrogens is 384 g/mol. The van der Waals surface area contributed by atoms with Crippen molar-refractivity contribution in [3.8, 4) is 5.75 Å². The lowest BCUT2D eigenvalue weighted by molar-refractivity contribution is -0.149. The summed E-state index contributed by atoms with van der Waals surface area (Å²) in [5, 5.41) is 9.22. The summed E-state index contributed by atoms with van der Waals surface area (Å²) in [6.45, 7) is 12.8. The Bertz CT molecular complexity index is 864. The Morgan fingerprint density at radius 2 is 1.45 bits per heavy atom. The van der Waals surface area contributed by atoms with Gasteiger partial charge in [0.2, 0.25) is 0 Å². The minimum atomic E-state index is -0.407. The van der Waals surface area contributed by atoms with E-state index in [2.05, 4.69) is 43.8 Å². The van der Waals surface area contributed by atoms with Crippen molar-refractivity contribution in [2.24, 2.45) is 0 Å². The molecule has 0 unspecified atom stereocenters. The van der Waals surface area contributed by atoms with Crippen molar-refractivity contribution < 1.29 is 14.6 Å². The third kappa shape index (κ3) is 12.3. The summed E-state index contributed by atoms with van der Waals surface area (Å²) >= 11 is 0. The van der Waals surface area contributed by atoms with Gasteiger partial charge in [-0.1, -0.05) is 80.6 Å². The van der Waals surface area contributed by atoms with Crippen LogP contribution in [0.2, 0.25) is 0 Å². The lowest BCUT2D eigenvalue weighted by Gasteiger charge is -2.19. The average molecular weight is 421 g/mol. The Hall–Kier alpha value is -3.07. The van der Waals surface area contributed by atoms with Crippen LogP contribution in [0.1, 0.15) is 64.2 Å². The van der Waals surface area contributed by atoms with Gasteiger partial charge in [-0.2, -0.15) is 0 Å². The molecule has 0 spiro atoms. The molecule has 0 heterocycles. The Labute approximate surface area is 187 Å². The van der Waals surface area contributed by atoms with E-state index in [0.29, 0.717) is 11.3 Å². The number of phenols is 1. The van der Waals surface area contributed by atoms with Gasteiger partial charge in [-0.05, 0) is 69.4 Å². The average Bonchev–Trinajstić information content (AvgIpc) is 2.71. The molecule has 0 aromatic heterocycles. The maximum absolute atomic E-state index is 10.8. The zero-order chi connectivity index (χ0) is 23.3. The Kier molecular flexibility index (Phi) is 11.1. The van der Waals surface area contributed by atoms with E-state index >= 15 is 0 Å². The lowest BCUT2D eigenvalue weighted by atomic mass is 10.1. The quantitative estimate of drug-likeness (QED) is 0.289. The Morgan fingerprint density at radius 3 is 1.84 bits per heavy atom. The molecular formula is C28H36O3. The van der Waals surface area contributed by atoms with Crippen LogP contribution in [0.3, 0.4) is 0 Å². The van der Waals surface area contributed by atoms with Crippen LogP contribution in [0, 0.1) is 0 Å². The number of aryl methyl sites for hydroxylation is 1. The molecule has 1 N–H and O–H groups in total. The van der Waals surface area contributed by atoms with E-state index in [-0.39, 0.29) is 5.97 Å². The van der Waals surface area contributed by atoms with E-state index in [0.717, 1.165) is 5.56 Å². The molecule has 2 aromatic rings. The SMILES string of the molecule is C=C(C)C(=O)OC(C)(C)C.CCCCc1ccc(C=CC=Cc2ccc(O)cc2)cc1. The van der Waals surface area contributed by atoms with E-state index in [4.69, 9.17) is 4.74 Å². The predicted octanol–water partition coefficient (Wildman–Crippen LogP) is 7.37. The number of unbranched alkanes of at least 4 members (excludes halogenated alkanes) is 1. The summed E-state index contributed by atoms with van der Waals surface area (Å²) in [6.07, 6.45) is 11.8. The van der Waals surface area contributed by atoms with Gasteiger partial charge in [0.05, 0.1) is 0 Å². The molecule has 2 aromatic carbocycles. The molecule has 0 saturated carbocycles. The van der Waals surface area contributed by atoms with Gasteiger partial charge in [0.15, 0.2) is 0 Å². The van der Waals surface area contributed by atoms with Crippen molar-refractivity contribution in [1.82, 2.24) is 0 Å². The van der Waals surface area contributed by atoms with Crippen LogP contribution >= 0.6 is 0 Å². The standard InChI is InChI=1S/C20H22O.C8H14O2/c1-2-3-6-17-9-11-18(12-10-17)7-4-5-8-19-13-15-20(21)16-14-19;1-6(2)7(9)10-8(3,4)5/h4-5,7-16,21H,2-3,6H2,1H3;1H2,2-5H3. The molecule has 166 valence electrons. The van der Waals surface area contributed by atoms with Crippen molar-refractivity contribution in [3.05, 3.63) is 89.5 Å². The molecule has 0 aliphatic heterocycles. The molecule has 31 heavy (non-hydrogen) atoms. The van der Waals surface area contributed by atoms with E-state index in [1.54, 1.807) is 19.1 Å². The Morgan fingerprint density at radius 1 is 0.968 bits per heavy atom. The topological polar surface area (TPSA) is 46.5 Å². The monoisotopic (exact) mass is 420 g/mol. The summed E-state index contributed by atoms with van der Waals surface area (Å²) in [7, 11) is 0. The number of allylic oxidation sites excluding steroid dienone is 2. The molecule has 0 aliphatic carbocycles. The molecule has 0 aliphatic rings. The zero-order valence-electron chi connectivity index (χ0n) is 19.5. The number of esters is 1. The highest BCUT2D eigenvalue weighted by molar-refractivity contribution is 5.87. The second-order valence-corrected chi connectivity index (χ2v) is 8.44. The van der Waals surface area contributed by atoms with Crippen molar-refractivity contribution in [2.75, 3.05) is 0 Å². The summed E-state index contributed by atoms with van der Waals surface area (Å²) in [5.74, 6) is -0.0293. The van der Waals surface area contributed by atoms with Gasteiger partial charge in [0.25, 0.3) is 0 Å². The van der Waals surface area contributed by atoms with Crippen molar-refractivity contribution >= 4 is 18.1 Å². The predicted molar refractivity (Wildman–Crippen MR) is 132 cm³/mol. The van der Waals surface area contributed by atoms with Crippen LogP contribution in [0.15, 0.2) is 72.8 Å². The molecule has 0 bridgehead atoms. The number of carbonyl (C=O) groups is 1. The zero-order valence-corrected chi connectivity index (χ0v) is 19.5. The number of ether oxygens (including phenoxy) is 1. The Balaban J connectivity index is 0.000000407. The number of hydrogen-bond acceptors (Lipinski definition) is 3. The van der Waals surface area contributed by atoms with Crippen molar-refractivity contribution in [2.45, 2.75) is 59.5 Å². The molecule has 3 heteroatoms. The van der Waals surface area contributed by atoms with Crippen LogP contribution < -0.4 is 0 Å². The third-order valence-electron chi connectivity index (χ3n) is 4.13. The van der Waals surface area contributed by atoms with Gasteiger partial charge in [-0.3, -0.25) is 0 Å². The molecule has 2 rings (SSSR count). The second kappa shape index (κ2) is 13.3. The van der Waals surface area contributed by atoms with Gasteiger partial charge in [-0.15, -0.1) is 0 Å². The lowest BCUT2D eigenvalue weighted by Crippen LogP contribution is -2.23. The van der Waals surface area contributed by atoms with Gasteiger partial charge in [0.1, 0.15) is 11.4 Å². The number of aromatic hydroxyl groups is 1. The molecule has 0 radical (unpaired) electrons. The first-order valence-electron chi connectivity index (χ1n) is 10.7. The van der Waals surface area contributed by atoms with Crippen LogP contribution in [-0.4, -0.2) is 16.7 Å². The van der Waals surface area contributed by atoms with E-state index in [9.17, 15) is 9.90 Å². The number of phenolic OH excluding ortho intramolecular Hbond substituents is 1. The van der Waals surface area contributed by atoms with Gasteiger partial charge >= 0.3 is 5.97 Å². The highest BCUT2D eigenvalue weighted by Gasteiger charge is 2.15. The minimum Gasteiger partial charge on any atom is -0.508 e. The van der Waals surface area contributed by atoms with E-state index in [1.807, 2.05) is 51.1 Å². The van der Waals surface area contributed by atoms with E-state index < -0.39 is 5.60 Å². The van der Waals surface area contributed by atoms with Crippen molar-refractivity contribution in [1.29, 1.82) is 0 Å². The van der Waals surface area contributed by atoms with Crippen LogP contribution in [0.25, 0.3) is 12.2 Å². The summed E-state index contributed by atoms with van der Waals surface area (Å²) in [5.41, 5.74) is 3.73. The molecule has 0 fully saturated rings. The van der Waals surface area contributed by atoms with Gasteiger partial charge in [-0.25, -0.2) is 4.79 Å². The maximum atomic E-state index is 10.8. The fraction of sp³-hybridized carbons (Fsp3) is 0.321. The number of hydrogen-bond donors (Lipinski definition) is 1. The minimum absolute atomic E-state index is 0.297. The van der Waals surface area contributed by atoms with Crippen LogP contribution in [0.4, 0.5) is 0 Å². The highest BCUT2D eigenvalue weighted by Crippen LogP contribution is 2.12. The fourth-order valence-corrected chi connectivity index (χ4v) is 2.46. The second-order valence-electron chi connectivity index (χ2n) is 8.44. The smallest absolute Gasteiger partial charge is 0.333 e. The highest BCUT2D eigenvalue weighted by atomic mass is 16.6. The molecule has 3 nitrogen and oxygen atoms in total. The summed E-state index contributed by atoms with van der Waals surface area (Å²) < 4.78 is 4.96. The first-order valence-corrected chi connectivity index (χ1v) is 10.7. The van der Waals surface area contributed by atoms with E-state index in [1.165, 1.54) is 30.4 Å². The van der Waals surface area contributed by atoms with Crippen molar-refractivity contribution in [3.63, 3.8) is 0 Å². The number of carbonyl (C=O) groups excluding carboxylic acids is 1. The first-order chi connectivity index (χ1) is 14.6. The molecule has 0 saturated heterocycles.